The molecule has 2 aromatic heterocycles. The molecule has 0 aliphatic carbocycles. The van der Waals surface area contributed by atoms with Gasteiger partial charge in [0.05, 0.1) is 5.69 Å². The Labute approximate surface area is 162 Å². The Hall–Kier alpha value is -3.79. The largest absolute Gasteiger partial charge is 0.508 e. The van der Waals surface area contributed by atoms with E-state index in [1.165, 1.54) is 0 Å². The molecule has 2 heterocycles. The maximum atomic E-state index is 9.62. The number of aryl methyl sites for hydroxylation is 1. The average molecular weight is 366 g/mol. The summed E-state index contributed by atoms with van der Waals surface area (Å²) in [5.41, 5.74) is 3.99. The van der Waals surface area contributed by atoms with Crippen molar-refractivity contribution in [1.82, 2.24) is 9.97 Å². The number of nitrogens with one attached hydrogen (secondary N) is 1. The molecule has 3 aromatic carbocycles. The summed E-state index contributed by atoms with van der Waals surface area (Å²) >= 11 is 0. The lowest BCUT2D eigenvalue weighted by Gasteiger charge is -2.02. The van der Waals surface area contributed by atoms with Crippen molar-refractivity contribution in [2.75, 3.05) is 0 Å². The van der Waals surface area contributed by atoms with E-state index < -0.39 is 0 Å². The van der Waals surface area contributed by atoms with E-state index in [-0.39, 0.29) is 5.75 Å². The number of hydrogen-bond acceptors (Lipinski definition) is 3. The predicted molar refractivity (Wildman–Crippen MR) is 111 cm³/mol. The minimum Gasteiger partial charge on any atom is -0.508 e. The maximum absolute atomic E-state index is 9.62. The molecule has 0 saturated heterocycles. The number of H-pyrrole nitrogens is 1. The van der Waals surface area contributed by atoms with Crippen LogP contribution in [0.25, 0.3) is 44.9 Å². The number of imidazole rings is 1. The number of hydrogen-bond donors (Lipinski definition) is 2. The first kappa shape index (κ1) is 16.4. The van der Waals surface area contributed by atoms with Crippen LogP contribution in [0.4, 0.5) is 0 Å². The van der Waals surface area contributed by atoms with Gasteiger partial charge in [-0.2, -0.15) is 0 Å². The van der Waals surface area contributed by atoms with Crippen molar-refractivity contribution in [3.05, 3.63) is 84.6 Å². The molecule has 28 heavy (non-hydrogen) atoms. The Balaban J connectivity index is 1.51. The van der Waals surface area contributed by atoms with E-state index in [2.05, 4.69) is 11.1 Å². The lowest BCUT2D eigenvalue weighted by molar-refractivity contribution is 0.476. The van der Waals surface area contributed by atoms with Crippen LogP contribution in [0.3, 0.4) is 0 Å². The fourth-order valence-electron chi connectivity index (χ4n) is 3.46. The SMILES string of the molecule is Cc1[nH]c(-c2ccc(-c3ccc4cc(O)ccc4c3)o2)nc1-c1ccccc1. The Morgan fingerprint density at radius 2 is 1.54 bits per heavy atom. The number of aromatic hydroxyl groups is 1. The number of phenols is 1. The van der Waals surface area contributed by atoms with Crippen LogP contribution in [-0.4, -0.2) is 15.1 Å². The first-order chi connectivity index (χ1) is 13.7. The van der Waals surface area contributed by atoms with Crippen molar-refractivity contribution < 1.29 is 9.52 Å². The molecule has 5 rings (SSSR count). The van der Waals surface area contributed by atoms with Gasteiger partial charge < -0.3 is 14.5 Å². The Kier molecular flexibility index (Phi) is 3.76. The molecule has 0 bridgehead atoms. The van der Waals surface area contributed by atoms with Crippen molar-refractivity contribution in [2.45, 2.75) is 6.92 Å². The molecule has 136 valence electrons. The third-order valence-corrected chi connectivity index (χ3v) is 4.88. The van der Waals surface area contributed by atoms with Crippen LogP contribution < -0.4 is 0 Å². The van der Waals surface area contributed by atoms with Crippen molar-refractivity contribution in [3.63, 3.8) is 0 Å². The Morgan fingerprint density at radius 3 is 2.39 bits per heavy atom. The molecule has 0 radical (unpaired) electrons. The standard InChI is InChI=1S/C24H18N2O2/c1-15-23(16-5-3-2-4-6-16)26-24(25-15)22-12-11-21(28-22)19-8-7-18-14-20(27)10-9-17(18)13-19/h2-14,27H,1H3,(H,25,26). The Bertz CT molecular complexity index is 1280. The van der Waals surface area contributed by atoms with Gasteiger partial charge in [0.1, 0.15) is 11.5 Å². The minimum atomic E-state index is 0.267. The summed E-state index contributed by atoms with van der Waals surface area (Å²) in [4.78, 5) is 8.07. The number of furan rings is 1. The van der Waals surface area contributed by atoms with Crippen LogP contribution in [0.15, 0.2) is 83.3 Å². The fourth-order valence-corrected chi connectivity index (χ4v) is 3.46. The fraction of sp³-hybridized carbons (Fsp3) is 0.0417. The molecule has 0 fully saturated rings. The zero-order valence-corrected chi connectivity index (χ0v) is 15.3. The number of phenolic OH excluding ortho intramolecular Hbond substituents is 1. The molecule has 0 aliphatic heterocycles. The van der Waals surface area contributed by atoms with Gasteiger partial charge in [0.25, 0.3) is 0 Å². The van der Waals surface area contributed by atoms with Crippen LogP contribution in [0.2, 0.25) is 0 Å². The maximum Gasteiger partial charge on any atom is 0.174 e. The van der Waals surface area contributed by atoms with Crippen molar-refractivity contribution in [1.29, 1.82) is 0 Å². The highest BCUT2D eigenvalue weighted by Crippen LogP contribution is 2.32. The van der Waals surface area contributed by atoms with E-state index in [0.717, 1.165) is 39.0 Å². The van der Waals surface area contributed by atoms with Crippen LogP contribution in [-0.2, 0) is 0 Å². The summed E-state index contributed by atoms with van der Waals surface area (Å²) in [6.07, 6.45) is 0. The number of rotatable bonds is 3. The minimum absolute atomic E-state index is 0.267. The molecule has 5 aromatic rings. The number of aromatic amines is 1. The van der Waals surface area contributed by atoms with Crippen LogP contribution in [0, 0.1) is 6.92 Å². The third-order valence-electron chi connectivity index (χ3n) is 4.88. The molecule has 0 atom stereocenters. The molecule has 0 unspecified atom stereocenters. The van der Waals surface area contributed by atoms with E-state index in [1.54, 1.807) is 12.1 Å². The van der Waals surface area contributed by atoms with Gasteiger partial charge in [-0.15, -0.1) is 0 Å². The van der Waals surface area contributed by atoms with Crippen molar-refractivity contribution in [2.24, 2.45) is 0 Å². The summed E-state index contributed by atoms with van der Waals surface area (Å²) in [6.45, 7) is 2.02. The van der Waals surface area contributed by atoms with Gasteiger partial charge in [0.15, 0.2) is 11.6 Å². The van der Waals surface area contributed by atoms with E-state index >= 15 is 0 Å². The average Bonchev–Trinajstić information content (AvgIpc) is 3.35. The van der Waals surface area contributed by atoms with Crippen LogP contribution in [0.1, 0.15) is 5.69 Å². The number of benzene rings is 3. The van der Waals surface area contributed by atoms with E-state index in [4.69, 9.17) is 9.40 Å². The monoisotopic (exact) mass is 366 g/mol. The highest BCUT2D eigenvalue weighted by atomic mass is 16.3. The first-order valence-electron chi connectivity index (χ1n) is 9.13. The zero-order valence-electron chi connectivity index (χ0n) is 15.3. The topological polar surface area (TPSA) is 62.0 Å². The van der Waals surface area contributed by atoms with E-state index in [0.29, 0.717) is 11.6 Å². The molecule has 2 N–H and O–H groups in total. The highest BCUT2D eigenvalue weighted by molar-refractivity contribution is 5.87. The molecule has 0 aliphatic rings. The van der Waals surface area contributed by atoms with Gasteiger partial charge in [-0.05, 0) is 48.0 Å². The van der Waals surface area contributed by atoms with Gasteiger partial charge in [0.2, 0.25) is 0 Å². The smallest absolute Gasteiger partial charge is 0.174 e. The summed E-state index contributed by atoms with van der Waals surface area (Å²) in [7, 11) is 0. The first-order valence-corrected chi connectivity index (χ1v) is 9.13. The van der Waals surface area contributed by atoms with Gasteiger partial charge in [-0.25, -0.2) is 4.98 Å². The van der Waals surface area contributed by atoms with E-state index in [9.17, 15) is 5.11 Å². The second kappa shape index (κ2) is 6.43. The predicted octanol–water partition coefficient (Wildman–Crippen LogP) is 6.17. The van der Waals surface area contributed by atoms with Crippen molar-refractivity contribution >= 4 is 10.8 Å². The van der Waals surface area contributed by atoms with Gasteiger partial charge in [0, 0.05) is 16.8 Å². The summed E-state index contributed by atoms with van der Waals surface area (Å²) in [5, 5.41) is 11.7. The molecule has 0 saturated carbocycles. The highest BCUT2D eigenvalue weighted by Gasteiger charge is 2.14. The lowest BCUT2D eigenvalue weighted by atomic mass is 10.1. The van der Waals surface area contributed by atoms with Gasteiger partial charge in [-0.1, -0.05) is 48.5 Å². The van der Waals surface area contributed by atoms with E-state index in [1.807, 2.05) is 67.6 Å². The second-order valence-corrected chi connectivity index (χ2v) is 6.84. The lowest BCUT2D eigenvalue weighted by Crippen LogP contribution is -1.80. The van der Waals surface area contributed by atoms with Crippen molar-refractivity contribution in [3.8, 4) is 39.9 Å². The van der Waals surface area contributed by atoms with Gasteiger partial charge in [-0.3, -0.25) is 0 Å². The normalized spacial score (nSPS) is 11.2. The molecule has 0 amide bonds. The molecular formula is C24H18N2O2. The van der Waals surface area contributed by atoms with Gasteiger partial charge >= 0.3 is 0 Å². The third kappa shape index (κ3) is 2.85. The quantitative estimate of drug-likeness (QED) is 0.401. The molecule has 4 heteroatoms. The van der Waals surface area contributed by atoms with Crippen LogP contribution in [0.5, 0.6) is 5.75 Å². The zero-order chi connectivity index (χ0) is 19.1. The number of aromatic nitrogens is 2. The summed E-state index contributed by atoms with van der Waals surface area (Å²) < 4.78 is 6.09. The molecule has 0 spiro atoms. The number of nitrogens with zero attached hydrogens (tertiary/aromatic N) is 1. The Morgan fingerprint density at radius 1 is 0.786 bits per heavy atom. The molecular weight excluding hydrogens is 348 g/mol. The summed E-state index contributed by atoms with van der Waals surface area (Å²) in [5.74, 6) is 2.46. The van der Waals surface area contributed by atoms with Crippen LogP contribution >= 0.6 is 0 Å². The second-order valence-electron chi connectivity index (χ2n) is 6.84. The molecule has 4 nitrogen and oxygen atoms in total. The summed E-state index contributed by atoms with van der Waals surface area (Å²) in [6, 6.07) is 25.4. The number of fused-ring (bicyclic) bond motifs is 1.